The summed E-state index contributed by atoms with van der Waals surface area (Å²) in [4.78, 5) is 0. The lowest BCUT2D eigenvalue weighted by Crippen LogP contribution is -1.98. The van der Waals surface area contributed by atoms with E-state index in [2.05, 4.69) is 34.2 Å². The van der Waals surface area contributed by atoms with Crippen molar-refractivity contribution in [3.63, 3.8) is 0 Å². The zero-order valence-corrected chi connectivity index (χ0v) is 9.44. The molecule has 0 aromatic rings. The van der Waals surface area contributed by atoms with Crippen LogP contribution in [0.5, 0.6) is 0 Å². The van der Waals surface area contributed by atoms with E-state index in [1.807, 2.05) is 0 Å². The predicted octanol–water partition coefficient (Wildman–Crippen LogP) is 4.49. The molecule has 0 saturated heterocycles. The van der Waals surface area contributed by atoms with Crippen LogP contribution in [0.3, 0.4) is 0 Å². The number of rotatable bonds is 1. The fourth-order valence-electron chi connectivity index (χ4n) is 2.01. The summed E-state index contributed by atoms with van der Waals surface area (Å²) in [5.41, 5.74) is 3.19. The zero-order valence-electron chi connectivity index (χ0n) is 7.85. The lowest BCUT2D eigenvalue weighted by molar-refractivity contribution is 0.698. The van der Waals surface area contributed by atoms with Gasteiger partial charge in [-0.2, -0.15) is 0 Å². The van der Waals surface area contributed by atoms with E-state index in [9.17, 15) is 0 Å². The fourth-order valence-corrected chi connectivity index (χ4v) is 2.34. The first-order valence-corrected chi connectivity index (χ1v) is 5.90. The Morgan fingerprint density at radius 3 is 2.46 bits per heavy atom. The van der Waals surface area contributed by atoms with E-state index in [0.717, 1.165) is 0 Å². The van der Waals surface area contributed by atoms with Crippen LogP contribution in [-0.4, -0.2) is 0 Å². The van der Waals surface area contributed by atoms with Crippen molar-refractivity contribution in [2.45, 2.75) is 38.5 Å². The highest BCUT2D eigenvalue weighted by Crippen LogP contribution is 2.31. The van der Waals surface area contributed by atoms with Gasteiger partial charge in [-0.25, -0.2) is 0 Å². The molecule has 0 saturated carbocycles. The first-order chi connectivity index (χ1) is 6.36. The van der Waals surface area contributed by atoms with Crippen LogP contribution in [-0.2, 0) is 0 Å². The molecule has 0 aromatic heterocycles. The van der Waals surface area contributed by atoms with Crippen molar-refractivity contribution in [2.24, 2.45) is 0 Å². The molecular formula is C12H15Br. The molecule has 0 bridgehead atoms. The average Bonchev–Trinajstić information content (AvgIpc) is 2.20. The van der Waals surface area contributed by atoms with Gasteiger partial charge in [-0.3, -0.25) is 0 Å². The van der Waals surface area contributed by atoms with Crippen LogP contribution in [0.25, 0.3) is 0 Å². The monoisotopic (exact) mass is 238 g/mol. The largest absolute Gasteiger partial charge is 0.0810 e. The molecule has 2 aliphatic rings. The van der Waals surface area contributed by atoms with E-state index >= 15 is 0 Å². The second-order valence-corrected chi connectivity index (χ2v) is 4.80. The Bertz CT molecular complexity index is 281. The minimum atomic E-state index is 1.18. The van der Waals surface area contributed by atoms with Crippen molar-refractivity contribution in [2.75, 3.05) is 0 Å². The summed E-state index contributed by atoms with van der Waals surface area (Å²) in [5.74, 6) is 0. The van der Waals surface area contributed by atoms with Crippen molar-refractivity contribution in [3.8, 4) is 0 Å². The van der Waals surface area contributed by atoms with Gasteiger partial charge >= 0.3 is 0 Å². The third-order valence-electron chi connectivity index (χ3n) is 2.80. The standard InChI is InChI=1S/C12H15Br/c13-12-8-6-11(7-9-12)10-4-2-1-3-5-10/h4,6,8H,1-3,5,7,9H2. The molecule has 0 aromatic carbocycles. The predicted molar refractivity (Wildman–Crippen MR) is 60.9 cm³/mol. The van der Waals surface area contributed by atoms with Gasteiger partial charge in [0.15, 0.2) is 0 Å². The maximum absolute atomic E-state index is 3.54. The molecule has 0 heterocycles. The summed E-state index contributed by atoms with van der Waals surface area (Å²) in [6, 6.07) is 0. The first kappa shape index (κ1) is 9.26. The molecule has 0 atom stereocenters. The van der Waals surface area contributed by atoms with Crippen LogP contribution < -0.4 is 0 Å². The molecular weight excluding hydrogens is 224 g/mol. The summed E-state index contributed by atoms with van der Waals surface area (Å²) < 4.78 is 1.34. The van der Waals surface area contributed by atoms with E-state index < -0.39 is 0 Å². The SMILES string of the molecule is BrC1=CC=C(C2=CCCCC2)CC1. The van der Waals surface area contributed by atoms with E-state index in [4.69, 9.17) is 0 Å². The summed E-state index contributed by atoms with van der Waals surface area (Å²) in [5, 5.41) is 0. The van der Waals surface area contributed by atoms with E-state index in [0.29, 0.717) is 0 Å². The van der Waals surface area contributed by atoms with Gasteiger partial charge in [-0.1, -0.05) is 34.2 Å². The average molecular weight is 239 g/mol. The van der Waals surface area contributed by atoms with Gasteiger partial charge in [0.05, 0.1) is 0 Å². The molecule has 0 nitrogen and oxygen atoms in total. The second kappa shape index (κ2) is 4.28. The highest BCUT2D eigenvalue weighted by atomic mass is 79.9. The maximum Gasteiger partial charge on any atom is -0.00460 e. The normalized spacial score (nSPS) is 23.3. The van der Waals surface area contributed by atoms with Crippen molar-refractivity contribution in [1.29, 1.82) is 0 Å². The quantitative estimate of drug-likeness (QED) is 0.632. The van der Waals surface area contributed by atoms with E-state index in [1.54, 1.807) is 11.1 Å². The van der Waals surface area contributed by atoms with E-state index in [-0.39, 0.29) is 0 Å². The lowest BCUT2D eigenvalue weighted by atomic mass is 9.89. The zero-order chi connectivity index (χ0) is 9.10. The molecule has 0 amide bonds. The Hall–Kier alpha value is -0.300. The van der Waals surface area contributed by atoms with Gasteiger partial charge in [0, 0.05) is 0 Å². The topological polar surface area (TPSA) is 0 Å². The third kappa shape index (κ3) is 2.34. The highest BCUT2D eigenvalue weighted by Gasteiger charge is 2.10. The van der Waals surface area contributed by atoms with Gasteiger partial charge in [-0.15, -0.1) is 0 Å². The molecule has 0 fully saturated rings. The van der Waals surface area contributed by atoms with Gasteiger partial charge in [0.25, 0.3) is 0 Å². The van der Waals surface area contributed by atoms with Gasteiger partial charge in [0.2, 0.25) is 0 Å². The van der Waals surface area contributed by atoms with Gasteiger partial charge in [0.1, 0.15) is 0 Å². The molecule has 13 heavy (non-hydrogen) atoms. The number of hydrogen-bond donors (Lipinski definition) is 0. The number of halogens is 1. The van der Waals surface area contributed by atoms with Crippen LogP contribution in [0.15, 0.2) is 33.9 Å². The first-order valence-electron chi connectivity index (χ1n) is 5.11. The second-order valence-electron chi connectivity index (χ2n) is 3.78. The van der Waals surface area contributed by atoms with Gasteiger partial charge < -0.3 is 0 Å². The molecule has 1 heteroatoms. The molecule has 2 aliphatic carbocycles. The van der Waals surface area contributed by atoms with Crippen LogP contribution in [0.4, 0.5) is 0 Å². The van der Waals surface area contributed by atoms with E-state index in [1.165, 1.54) is 43.0 Å². The summed E-state index contributed by atoms with van der Waals surface area (Å²) in [6.07, 6.45) is 14.7. The highest BCUT2D eigenvalue weighted by molar-refractivity contribution is 9.11. The molecule has 0 unspecified atom stereocenters. The van der Waals surface area contributed by atoms with Crippen molar-refractivity contribution >= 4 is 15.9 Å². The Kier molecular flexibility index (Phi) is 3.05. The Morgan fingerprint density at radius 2 is 1.85 bits per heavy atom. The minimum Gasteiger partial charge on any atom is -0.0810 e. The molecule has 0 radical (unpaired) electrons. The molecule has 0 spiro atoms. The Balaban J connectivity index is 2.12. The molecule has 0 aliphatic heterocycles. The van der Waals surface area contributed by atoms with Crippen molar-refractivity contribution in [1.82, 2.24) is 0 Å². The van der Waals surface area contributed by atoms with Crippen LogP contribution >= 0.6 is 15.9 Å². The summed E-state index contributed by atoms with van der Waals surface area (Å²) in [7, 11) is 0. The smallest absolute Gasteiger partial charge is 0.00460 e. The summed E-state index contributed by atoms with van der Waals surface area (Å²) in [6.45, 7) is 0. The Labute approximate surface area is 88.5 Å². The lowest BCUT2D eigenvalue weighted by Gasteiger charge is -2.18. The molecule has 2 rings (SSSR count). The van der Waals surface area contributed by atoms with Crippen LogP contribution in [0.1, 0.15) is 38.5 Å². The third-order valence-corrected chi connectivity index (χ3v) is 3.46. The van der Waals surface area contributed by atoms with Crippen molar-refractivity contribution < 1.29 is 0 Å². The van der Waals surface area contributed by atoms with Gasteiger partial charge in [-0.05, 0) is 54.2 Å². The Morgan fingerprint density at radius 1 is 0.923 bits per heavy atom. The summed E-state index contributed by atoms with van der Waals surface area (Å²) >= 11 is 3.54. The molecule has 70 valence electrons. The fraction of sp³-hybridized carbons (Fsp3) is 0.500. The van der Waals surface area contributed by atoms with Crippen molar-refractivity contribution in [3.05, 3.63) is 33.9 Å². The number of allylic oxidation sites excluding steroid dienone is 6. The maximum atomic E-state index is 3.54. The molecule has 0 N–H and O–H groups in total. The minimum absolute atomic E-state index is 1.18. The van der Waals surface area contributed by atoms with Crippen LogP contribution in [0.2, 0.25) is 0 Å². The number of hydrogen-bond acceptors (Lipinski definition) is 0. The van der Waals surface area contributed by atoms with Crippen LogP contribution in [0, 0.1) is 0 Å².